The normalized spacial score (nSPS) is 13.2. The summed E-state index contributed by atoms with van der Waals surface area (Å²) in [6.45, 7) is 1.93. The van der Waals surface area contributed by atoms with Gasteiger partial charge in [0.25, 0.3) is 11.8 Å². The van der Waals surface area contributed by atoms with Gasteiger partial charge in [0.2, 0.25) is 11.7 Å². The summed E-state index contributed by atoms with van der Waals surface area (Å²) in [6, 6.07) is 11.7. The van der Waals surface area contributed by atoms with Gasteiger partial charge in [-0.15, -0.1) is 11.3 Å². The minimum atomic E-state index is -0.352. The second-order valence-corrected chi connectivity index (χ2v) is 8.53. The SMILES string of the molecule is Cc1sc(-c2noc(C3CC3)n2)cc1NC(=O)c1ccc(NC(=O)c2ccco2)cc1. The molecular weight excluding hydrogens is 416 g/mol. The molecule has 0 aliphatic heterocycles. The van der Waals surface area contributed by atoms with Crippen molar-refractivity contribution in [3.63, 3.8) is 0 Å². The maximum absolute atomic E-state index is 12.7. The van der Waals surface area contributed by atoms with Crippen molar-refractivity contribution in [1.29, 1.82) is 0 Å². The van der Waals surface area contributed by atoms with E-state index in [1.807, 2.05) is 13.0 Å². The number of hydrogen-bond acceptors (Lipinski definition) is 7. The molecule has 5 rings (SSSR count). The van der Waals surface area contributed by atoms with Crippen LogP contribution in [0.3, 0.4) is 0 Å². The monoisotopic (exact) mass is 434 g/mol. The fourth-order valence-corrected chi connectivity index (χ4v) is 3.95. The fraction of sp³-hybridized carbons (Fsp3) is 0.182. The molecule has 0 atom stereocenters. The van der Waals surface area contributed by atoms with Crippen LogP contribution in [-0.2, 0) is 0 Å². The molecule has 2 amide bonds. The van der Waals surface area contributed by atoms with E-state index in [0.29, 0.717) is 34.6 Å². The van der Waals surface area contributed by atoms with Crippen molar-refractivity contribution in [1.82, 2.24) is 10.1 Å². The lowest BCUT2D eigenvalue weighted by Gasteiger charge is -2.06. The molecule has 8 nitrogen and oxygen atoms in total. The lowest BCUT2D eigenvalue weighted by Crippen LogP contribution is -2.13. The molecule has 0 saturated heterocycles. The van der Waals surface area contributed by atoms with Crippen molar-refractivity contribution in [2.24, 2.45) is 0 Å². The molecule has 1 aliphatic rings. The van der Waals surface area contributed by atoms with Gasteiger partial charge in [-0.3, -0.25) is 9.59 Å². The number of nitrogens with zero attached hydrogens (tertiary/aromatic N) is 2. The first-order chi connectivity index (χ1) is 15.1. The molecule has 1 aromatic carbocycles. The highest BCUT2D eigenvalue weighted by Gasteiger charge is 2.30. The summed E-state index contributed by atoms with van der Waals surface area (Å²) in [5.41, 5.74) is 1.74. The molecule has 1 aliphatic carbocycles. The average Bonchev–Trinajstić information content (AvgIpc) is 3.17. The number of carbonyl (C=O) groups excluding carboxylic acids is 2. The number of rotatable bonds is 6. The van der Waals surface area contributed by atoms with Crippen molar-refractivity contribution in [2.45, 2.75) is 25.7 Å². The van der Waals surface area contributed by atoms with E-state index in [1.165, 1.54) is 17.6 Å². The zero-order valence-electron chi connectivity index (χ0n) is 16.5. The van der Waals surface area contributed by atoms with Crippen molar-refractivity contribution < 1.29 is 18.5 Å². The molecular formula is C22H18N4O4S. The fourth-order valence-electron chi connectivity index (χ4n) is 3.05. The molecule has 9 heteroatoms. The summed E-state index contributed by atoms with van der Waals surface area (Å²) in [6.07, 6.45) is 3.63. The second kappa shape index (κ2) is 7.84. The van der Waals surface area contributed by atoms with Gasteiger partial charge in [0.1, 0.15) is 0 Å². The van der Waals surface area contributed by atoms with Gasteiger partial charge in [-0.05, 0) is 62.2 Å². The van der Waals surface area contributed by atoms with Gasteiger partial charge in [0.05, 0.1) is 16.8 Å². The largest absolute Gasteiger partial charge is 0.459 e. The van der Waals surface area contributed by atoms with Gasteiger partial charge in [0.15, 0.2) is 5.76 Å². The number of carbonyl (C=O) groups is 2. The standard InChI is InChI=1S/C22H18N4O4S/c1-12-16(11-18(31-12)19-25-22(30-26-19)14-4-5-14)24-20(27)13-6-8-15(9-7-13)23-21(28)17-3-2-10-29-17/h2-3,6-11,14H,4-5H2,1H3,(H,23,28)(H,24,27). The molecule has 1 saturated carbocycles. The number of thiophene rings is 1. The van der Waals surface area contributed by atoms with Gasteiger partial charge in [0, 0.05) is 22.0 Å². The second-order valence-electron chi connectivity index (χ2n) is 7.27. The smallest absolute Gasteiger partial charge is 0.291 e. The van der Waals surface area contributed by atoms with Gasteiger partial charge in [-0.1, -0.05) is 5.16 Å². The zero-order valence-corrected chi connectivity index (χ0v) is 17.4. The molecule has 0 spiro atoms. The first-order valence-electron chi connectivity index (χ1n) is 9.77. The molecule has 0 unspecified atom stereocenters. The molecule has 156 valence electrons. The topological polar surface area (TPSA) is 110 Å². The lowest BCUT2D eigenvalue weighted by atomic mass is 10.2. The molecule has 3 heterocycles. The molecule has 0 radical (unpaired) electrons. The van der Waals surface area contributed by atoms with E-state index < -0.39 is 0 Å². The Balaban J connectivity index is 1.25. The van der Waals surface area contributed by atoms with E-state index in [1.54, 1.807) is 36.4 Å². The van der Waals surface area contributed by atoms with E-state index in [0.717, 1.165) is 22.6 Å². The van der Waals surface area contributed by atoms with Crippen molar-refractivity contribution >= 4 is 34.5 Å². The number of benzene rings is 1. The van der Waals surface area contributed by atoms with E-state index in [4.69, 9.17) is 8.94 Å². The summed E-state index contributed by atoms with van der Waals surface area (Å²) < 4.78 is 10.4. The molecule has 1 fully saturated rings. The van der Waals surface area contributed by atoms with E-state index in [9.17, 15) is 9.59 Å². The van der Waals surface area contributed by atoms with Crippen LogP contribution in [0, 0.1) is 6.92 Å². The maximum atomic E-state index is 12.7. The Hall–Kier alpha value is -3.72. The van der Waals surface area contributed by atoms with Crippen LogP contribution in [0.4, 0.5) is 11.4 Å². The van der Waals surface area contributed by atoms with Crippen LogP contribution in [0.15, 0.2) is 57.7 Å². The molecule has 4 aromatic rings. The number of aryl methyl sites for hydroxylation is 1. The predicted molar refractivity (Wildman–Crippen MR) is 115 cm³/mol. The number of furan rings is 1. The van der Waals surface area contributed by atoms with Crippen LogP contribution >= 0.6 is 11.3 Å². The van der Waals surface area contributed by atoms with Crippen LogP contribution in [0.5, 0.6) is 0 Å². The minimum absolute atomic E-state index is 0.219. The van der Waals surface area contributed by atoms with Crippen molar-refractivity contribution in [2.75, 3.05) is 10.6 Å². The zero-order chi connectivity index (χ0) is 21.4. The van der Waals surface area contributed by atoms with Crippen LogP contribution < -0.4 is 10.6 Å². The van der Waals surface area contributed by atoms with Crippen molar-refractivity contribution in [3.8, 4) is 10.7 Å². The third-order valence-corrected chi connectivity index (χ3v) is 5.95. The Morgan fingerprint density at radius 3 is 2.61 bits per heavy atom. The Labute approximate surface area is 181 Å². The highest BCUT2D eigenvalue weighted by molar-refractivity contribution is 7.16. The Bertz CT molecular complexity index is 1240. The lowest BCUT2D eigenvalue weighted by molar-refractivity contribution is 0.0995. The van der Waals surface area contributed by atoms with Gasteiger partial charge in [-0.2, -0.15) is 4.98 Å². The highest BCUT2D eigenvalue weighted by atomic mass is 32.1. The molecule has 0 bridgehead atoms. The summed E-state index contributed by atoms with van der Waals surface area (Å²) in [5.74, 6) is 1.25. The summed E-state index contributed by atoms with van der Waals surface area (Å²) in [5, 5.41) is 9.71. The average molecular weight is 434 g/mol. The maximum Gasteiger partial charge on any atom is 0.291 e. The van der Waals surface area contributed by atoms with Crippen LogP contribution in [-0.4, -0.2) is 22.0 Å². The first kappa shape index (κ1) is 19.3. The summed E-state index contributed by atoms with van der Waals surface area (Å²) in [4.78, 5) is 31.0. The third-order valence-electron chi connectivity index (χ3n) is 4.90. The Kier molecular flexibility index (Phi) is 4.87. The quantitative estimate of drug-likeness (QED) is 0.438. The Morgan fingerprint density at radius 2 is 1.90 bits per heavy atom. The van der Waals surface area contributed by atoms with Crippen molar-refractivity contribution in [3.05, 3.63) is 70.8 Å². The van der Waals surface area contributed by atoms with Crippen LogP contribution in [0.1, 0.15) is 50.4 Å². The van der Waals surface area contributed by atoms with Gasteiger partial charge < -0.3 is 19.6 Å². The molecule has 31 heavy (non-hydrogen) atoms. The summed E-state index contributed by atoms with van der Waals surface area (Å²) in [7, 11) is 0. The molecule has 3 aromatic heterocycles. The third kappa shape index (κ3) is 4.13. The van der Waals surface area contributed by atoms with Gasteiger partial charge >= 0.3 is 0 Å². The number of hydrogen-bond donors (Lipinski definition) is 2. The van der Waals surface area contributed by atoms with Gasteiger partial charge in [-0.25, -0.2) is 0 Å². The molecule has 2 N–H and O–H groups in total. The van der Waals surface area contributed by atoms with E-state index >= 15 is 0 Å². The number of anilines is 2. The predicted octanol–water partition coefficient (Wildman–Crippen LogP) is 5.08. The van der Waals surface area contributed by atoms with Crippen LogP contribution in [0.2, 0.25) is 0 Å². The minimum Gasteiger partial charge on any atom is -0.459 e. The number of nitrogens with one attached hydrogen (secondary N) is 2. The van der Waals surface area contributed by atoms with E-state index in [2.05, 4.69) is 20.8 Å². The van der Waals surface area contributed by atoms with E-state index in [-0.39, 0.29) is 17.6 Å². The summed E-state index contributed by atoms with van der Waals surface area (Å²) >= 11 is 1.50. The highest BCUT2D eigenvalue weighted by Crippen LogP contribution is 2.40. The Morgan fingerprint density at radius 1 is 1.10 bits per heavy atom. The van der Waals surface area contributed by atoms with Crippen LogP contribution in [0.25, 0.3) is 10.7 Å². The number of amides is 2. The number of aromatic nitrogens is 2. The first-order valence-corrected chi connectivity index (χ1v) is 10.6.